The van der Waals surface area contributed by atoms with E-state index in [0.29, 0.717) is 44.4 Å². The predicted octanol–water partition coefficient (Wildman–Crippen LogP) is 3.33. The third-order valence-corrected chi connectivity index (χ3v) is 8.26. The van der Waals surface area contributed by atoms with E-state index in [2.05, 4.69) is 5.32 Å². The smallest absolute Gasteiger partial charge is 0.408 e. The zero-order valence-corrected chi connectivity index (χ0v) is 20.4. The fraction of sp³-hybridized carbons (Fsp3) is 0.440. The Morgan fingerprint density at radius 3 is 2.50 bits per heavy atom. The molecule has 1 amide bonds. The summed E-state index contributed by atoms with van der Waals surface area (Å²) in [5, 5.41) is 2.97. The molecule has 0 atom stereocenters. The van der Waals surface area contributed by atoms with Crippen LogP contribution in [-0.2, 0) is 21.2 Å². The molecule has 1 N–H and O–H groups in total. The first kappa shape index (κ1) is 24.2. The summed E-state index contributed by atoms with van der Waals surface area (Å²) in [4.78, 5) is 24.5. The van der Waals surface area contributed by atoms with Gasteiger partial charge < -0.3 is 9.73 Å². The lowest BCUT2D eigenvalue weighted by molar-refractivity contribution is -0.122. The van der Waals surface area contributed by atoms with E-state index in [0.717, 1.165) is 6.42 Å². The topological polar surface area (TPSA) is 102 Å². The van der Waals surface area contributed by atoms with Crippen molar-refractivity contribution in [3.05, 3.63) is 64.6 Å². The fourth-order valence-corrected chi connectivity index (χ4v) is 5.98. The van der Waals surface area contributed by atoms with E-state index in [1.54, 1.807) is 6.07 Å². The van der Waals surface area contributed by atoms with Crippen molar-refractivity contribution in [1.82, 2.24) is 14.2 Å². The lowest BCUT2D eigenvalue weighted by Gasteiger charge is -2.31. The standard InChI is InChI=1S/C25H31N3O5S/c1-18(2)28-22-9-8-21(17-23(22)33-25(28)30)34(31,32)27-14-11-20(12-15-27)16-24(29)26-13-10-19-6-4-3-5-7-19/h3-9,17-18,20H,10-16H2,1-2H3,(H,26,29). The van der Waals surface area contributed by atoms with E-state index >= 15 is 0 Å². The normalized spacial score (nSPS) is 15.7. The first-order valence-electron chi connectivity index (χ1n) is 11.7. The van der Waals surface area contributed by atoms with Crippen LogP contribution in [0.5, 0.6) is 0 Å². The Bertz CT molecular complexity index is 1300. The number of hydrogen-bond acceptors (Lipinski definition) is 5. The molecule has 4 rings (SSSR count). The van der Waals surface area contributed by atoms with Crippen LogP contribution in [0.2, 0.25) is 0 Å². The lowest BCUT2D eigenvalue weighted by Crippen LogP contribution is -2.39. The van der Waals surface area contributed by atoms with Crippen molar-refractivity contribution in [3.63, 3.8) is 0 Å². The molecule has 0 unspecified atom stereocenters. The molecule has 1 aliphatic heterocycles. The van der Waals surface area contributed by atoms with Crippen LogP contribution in [0.25, 0.3) is 11.1 Å². The molecule has 2 aromatic carbocycles. The third-order valence-electron chi connectivity index (χ3n) is 6.37. The van der Waals surface area contributed by atoms with Gasteiger partial charge in [-0.15, -0.1) is 0 Å². The Labute approximate surface area is 199 Å². The van der Waals surface area contributed by atoms with E-state index in [1.165, 1.54) is 26.6 Å². The van der Waals surface area contributed by atoms with Crippen LogP contribution in [-0.4, -0.2) is 42.8 Å². The average molecular weight is 486 g/mol. The summed E-state index contributed by atoms with van der Waals surface area (Å²) in [5.41, 5.74) is 2.03. The fourth-order valence-electron chi connectivity index (χ4n) is 4.49. The summed E-state index contributed by atoms with van der Waals surface area (Å²) in [7, 11) is -3.71. The number of carbonyl (C=O) groups is 1. The molecule has 2 heterocycles. The maximum atomic E-state index is 13.2. The number of amides is 1. The molecule has 1 saturated heterocycles. The molecule has 0 radical (unpaired) electrons. The SMILES string of the molecule is CC(C)n1c(=O)oc2cc(S(=O)(=O)N3CCC(CC(=O)NCCc4ccccc4)CC3)ccc21. The summed E-state index contributed by atoms with van der Waals surface area (Å²) >= 11 is 0. The monoisotopic (exact) mass is 485 g/mol. The largest absolute Gasteiger partial charge is 0.420 e. The number of aromatic nitrogens is 1. The molecule has 9 heteroatoms. The van der Waals surface area contributed by atoms with Gasteiger partial charge in [0.2, 0.25) is 15.9 Å². The van der Waals surface area contributed by atoms with E-state index in [1.807, 2.05) is 44.2 Å². The Morgan fingerprint density at radius 1 is 1.12 bits per heavy atom. The highest BCUT2D eigenvalue weighted by Crippen LogP contribution is 2.28. The average Bonchev–Trinajstić information content (AvgIpc) is 3.15. The van der Waals surface area contributed by atoms with E-state index in [4.69, 9.17) is 4.42 Å². The van der Waals surface area contributed by atoms with Crippen LogP contribution in [0.3, 0.4) is 0 Å². The number of piperidine rings is 1. The molecular formula is C25H31N3O5S. The zero-order chi connectivity index (χ0) is 24.3. The van der Waals surface area contributed by atoms with Gasteiger partial charge in [-0.25, -0.2) is 13.2 Å². The summed E-state index contributed by atoms with van der Waals surface area (Å²) < 4.78 is 34.6. The molecule has 0 saturated carbocycles. The molecule has 34 heavy (non-hydrogen) atoms. The number of oxazole rings is 1. The lowest BCUT2D eigenvalue weighted by atomic mass is 9.94. The minimum atomic E-state index is -3.71. The highest BCUT2D eigenvalue weighted by Gasteiger charge is 2.31. The van der Waals surface area contributed by atoms with Crippen LogP contribution in [0, 0.1) is 5.92 Å². The number of fused-ring (bicyclic) bond motifs is 1. The van der Waals surface area contributed by atoms with Crippen molar-refractivity contribution in [2.45, 2.75) is 50.5 Å². The summed E-state index contributed by atoms with van der Waals surface area (Å²) in [6.07, 6.45) is 2.45. The third kappa shape index (κ3) is 5.26. The molecule has 182 valence electrons. The van der Waals surface area contributed by atoms with Crippen molar-refractivity contribution in [2.24, 2.45) is 5.92 Å². The number of carbonyl (C=O) groups excluding carboxylic acids is 1. The zero-order valence-electron chi connectivity index (χ0n) is 19.6. The Kier molecular flexibility index (Phi) is 7.23. The predicted molar refractivity (Wildman–Crippen MR) is 130 cm³/mol. The second kappa shape index (κ2) is 10.1. The number of rotatable bonds is 8. The van der Waals surface area contributed by atoms with Gasteiger partial charge in [-0.05, 0) is 56.7 Å². The van der Waals surface area contributed by atoms with Crippen LogP contribution in [0.1, 0.15) is 44.7 Å². The maximum Gasteiger partial charge on any atom is 0.420 e. The highest BCUT2D eigenvalue weighted by atomic mass is 32.2. The molecular weight excluding hydrogens is 454 g/mol. The number of benzene rings is 2. The summed E-state index contributed by atoms with van der Waals surface area (Å²) in [5.74, 6) is -0.335. The van der Waals surface area contributed by atoms with Gasteiger partial charge in [0.15, 0.2) is 5.58 Å². The van der Waals surface area contributed by atoms with E-state index in [9.17, 15) is 18.0 Å². The molecule has 0 spiro atoms. The van der Waals surface area contributed by atoms with Gasteiger partial charge in [0.1, 0.15) is 0 Å². The van der Waals surface area contributed by atoms with Crippen molar-refractivity contribution < 1.29 is 17.6 Å². The molecule has 1 fully saturated rings. The number of nitrogens with zero attached hydrogens (tertiary/aromatic N) is 2. The Morgan fingerprint density at radius 2 is 1.82 bits per heavy atom. The van der Waals surface area contributed by atoms with Gasteiger partial charge in [-0.3, -0.25) is 9.36 Å². The molecule has 8 nitrogen and oxygen atoms in total. The van der Waals surface area contributed by atoms with Gasteiger partial charge in [-0.1, -0.05) is 30.3 Å². The number of sulfonamides is 1. The summed E-state index contributed by atoms with van der Waals surface area (Å²) in [6.45, 7) is 5.05. The van der Waals surface area contributed by atoms with Crippen molar-refractivity contribution in [2.75, 3.05) is 19.6 Å². The Hall–Kier alpha value is -2.91. The van der Waals surface area contributed by atoms with Crippen LogP contribution < -0.4 is 11.1 Å². The molecule has 3 aromatic rings. The molecule has 0 aliphatic carbocycles. The second-order valence-corrected chi connectivity index (χ2v) is 11.0. The maximum absolute atomic E-state index is 13.2. The Balaban J connectivity index is 1.32. The van der Waals surface area contributed by atoms with Crippen molar-refractivity contribution in [3.8, 4) is 0 Å². The minimum absolute atomic E-state index is 0.00684. The van der Waals surface area contributed by atoms with Gasteiger partial charge in [0.05, 0.1) is 10.4 Å². The first-order valence-corrected chi connectivity index (χ1v) is 13.2. The van der Waals surface area contributed by atoms with Crippen molar-refractivity contribution in [1.29, 1.82) is 0 Å². The van der Waals surface area contributed by atoms with E-state index in [-0.39, 0.29) is 28.3 Å². The summed E-state index contributed by atoms with van der Waals surface area (Å²) in [6, 6.07) is 14.5. The van der Waals surface area contributed by atoms with Crippen molar-refractivity contribution >= 4 is 27.0 Å². The van der Waals surface area contributed by atoms with Crippen LogP contribution in [0.4, 0.5) is 0 Å². The quantitative estimate of drug-likeness (QED) is 0.527. The molecule has 0 bridgehead atoms. The van der Waals surface area contributed by atoms with Gasteiger partial charge in [0, 0.05) is 38.2 Å². The van der Waals surface area contributed by atoms with Gasteiger partial charge in [0.25, 0.3) is 0 Å². The van der Waals surface area contributed by atoms with Crippen LogP contribution in [0.15, 0.2) is 62.6 Å². The second-order valence-electron chi connectivity index (χ2n) is 9.10. The highest BCUT2D eigenvalue weighted by molar-refractivity contribution is 7.89. The number of hydrogen-bond donors (Lipinski definition) is 1. The minimum Gasteiger partial charge on any atom is -0.408 e. The number of nitrogens with one attached hydrogen (secondary N) is 1. The first-order chi connectivity index (χ1) is 16.3. The van der Waals surface area contributed by atoms with E-state index < -0.39 is 15.8 Å². The van der Waals surface area contributed by atoms with Gasteiger partial charge >= 0.3 is 5.76 Å². The van der Waals surface area contributed by atoms with Gasteiger partial charge in [-0.2, -0.15) is 4.31 Å². The van der Waals surface area contributed by atoms with Crippen LogP contribution >= 0.6 is 0 Å². The molecule has 1 aromatic heterocycles. The molecule has 1 aliphatic rings.